The molecule has 0 aliphatic rings. The molecule has 106 valence electrons. The fraction of sp³-hybridized carbons (Fsp3) is 0.200. The fourth-order valence-corrected chi connectivity index (χ4v) is 3.49. The molecule has 0 atom stereocenters. The summed E-state index contributed by atoms with van der Waals surface area (Å²) in [5.74, 6) is 0.999. The SMILES string of the molecule is CCSc1ccc(-c2sc(-c3cccnc3)nc2C)nn1. The molecule has 0 fully saturated rings. The number of rotatable bonds is 4. The van der Waals surface area contributed by atoms with Crippen molar-refractivity contribution in [2.75, 3.05) is 5.75 Å². The number of nitrogens with zero attached hydrogens (tertiary/aromatic N) is 4. The lowest BCUT2D eigenvalue weighted by Crippen LogP contribution is -1.89. The van der Waals surface area contributed by atoms with E-state index in [1.165, 1.54) is 0 Å². The van der Waals surface area contributed by atoms with Crippen LogP contribution in [0.1, 0.15) is 12.6 Å². The van der Waals surface area contributed by atoms with Crippen molar-refractivity contribution in [1.29, 1.82) is 0 Å². The molecule has 0 amide bonds. The van der Waals surface area contributed by atoms with E-state index < -0.39 is 0 Å². The first-order valence-corrected chi connectivity index (χ1v) is 8.43. The summed E-state index contributed by atoms with van der Waals surface area (Å²) < 4.78 is 0. The van der Waals surface area contributed by atoms with E-state index in [0.717, 1.165) is 37.6 Å². The predicted molar refractivity (Wildman–Crippen MR) is 87.5 cm³/mol. The summed E-state index contributed by atoms with van der Waals surface area (Å²) in [4.78, 5) is 9.83. The monoisotopic (exact) mass is 314 g/mol. The van der Waals surface area contributed by atoms with Crippen molar-refractivity contribution in [3.05, 3.63) is 42.4 Å². The molecule has 0 unspecified atom stereocenters. The molecule has 0 saturated carbocycles. The lowest BCUT2D eigenvalue weighted by molar-refractivity contribution is 0.936. The summed E-state index contributed by atoms with van der Waals surface area (Å²) in [6.45, 7) is 4.11. The maximum atomic E-state index is 4.62. The van der Waals surface area contributed by atoms with Crippen LogP contribution < -0.4 is 0 Å². The third-order valence-corrected chi connectivity index (χ3v) is 4.90. The van der Waals surface area contributed by atoms with Crippen LogP contribution >= 0.6 is 23.1 Å². The summed E-state index contributed by atoms with van der Waals surface area (Å²) in [5.41, 5.74) is 2.88. The smallest absolute Gasteiger partial charge is 0.125 e. The Bertz CT molecular complexity index is 723. The third kappa shape index (κ3) is 3.11. The fourth-order valence-electron chi connectivity index (χ4n) is 1.91. The number of aryl methyl sites for hydroxylation is 1. The Labute approximate surface area is 131 Å². The molecule has 3 aromatic heterocycles. The highest BCUT2D eigenvalue weighted by atomic mass is 32.2. The van der Waals surface area contributed by atoms with Crippen molar-refractivity contribution < 1.29 is 0 Å². The molecule has 0 saturated heterocycles. The van der Waals surface area contributed by atoms with E-state index in [-0.39, 0.29) is 0 Å². The van der Waals surface area contributed by atoms with E-state index in [4.69, 9.17) is 0 Å². The first kappa shape index (κ1) is 14.2. The molecule has 4 nitrogen and oxygen atoms in total. The third-order valence-electron chi connectivity index (χ3n) is 2.87. The molecule has 3 aromatic rings. The van der Waals surface area contributed by atoms with Crippen LogP contribution in [0.25, 0.3) is 21.1 Å². The summed E-state index contributed by atoms with van der Waals surface area (Å²) >= 11 is 3.32. The maximum absolute atomic E-state index is 4.62. The van der Waals surface area contributed by atoms with Gasteiger partial charge in [-0.25, -0.2) is 4.98 Å². The Balaban J connectivity index is 1.94. The summed E-state index contributed by atoms with van der Waals surface area (Å²) in [6.07, 6.45) is 3.59. The zero-order valence-electron chi connectivity index (χ0n) is 11.8. The van der Waals surface area contributed by atoms with Gasteiger partial charge in [-0.3, -0.25) is 4.98 Å². The van der Waals surface area contributed by atoms with Gasteiger partial charge in [-0.2, -0.15) is 0 Å². The quantitative estimate of drug-likeness (QED) is 0.679. The number of thiazole rings is 1. The second-order valence-corrected chi connectivity index (χ2v) is 6.65. The Kier molecular flexibility index (Phi) is 4.26. The molecule has 0 radical (unpaired) electrons. The topological polar surface area (TPSA) is 51.6 Å². The van der Waals surface area contributed by atoms with Gasteiger partial charge >= 0.3 is 0 Å². The summed E-state index contributed by atoms with van der Waals surface area (Å²) in [7, 11) is 0. The van der Waals surface area contributed by atoms with Crippen molar-refractivity contribution >= 4 is 23.1 Å². The standard InChI is InChI=1S/C15H14N4S2/c1-3-20-13-7-6-12(18-19-13)14-10(2)17-15(21-14)11-5-4-8-16-9-11/h4-9H,3H2,1-2H3. The number of thioether (sulfide) groups is 1. The highest BCUT2D eigenvalue weighted by Crippen LogP contribution is 2.33. The summed E-state index contributed by atoms with van der Waals surface area (Å²) in [6, 6.07) is 7.96. The van der Waals surface area contributed by atoms with Crippen molar-refractivity contribution in [2.24, 2.45) is 0 Å². The normalized spacial score (nSPS) is 10.8. The van der Waals surface area contributed by atoms with Crippen LogP contribution in [0.2, 0.25) is 0 Å². The molecule has 0 N–H and O–H groups in total. The lowest BCUT2D eigenvalue weighted by Gasteiger charge is -1.99. The zero-order valence-corrected chi connectivity index (χ0v) is 13.4. The summed E-state index contributed by atoms with van der Waals surface area (Å²) in [5, 5.41) is 10.5. The lowest BCUT2D eigenvalue weighted by atomic mass is 10.3. The Morgan fingerprint density at radius 2 is 2.10 bits per heavy atom. The first-order valence-electron chi connectivity index (χ1n) is 6.62. The minimum atomic E-state index is 0.876. The molecule has 0 aliphatic heterocycles. The van der Waals surface area contributed by atoms with Gasteiger partial charge in [0.1, 0.15) is 15.7 Å². The van der Waals surface area contributed by atoms with E-state index in [1.807, 2.05) is 37.4 Å². The second-order valence-electron chi connectivity index (χ2n) is 4.37. The van der Waals surface area contributed by atoms with Crippen LogP contribution in [-0.4, -0.2) is 25.9 Å². The number of pyridine rings is 1. The predicted octanol–water partition coefficient (Wildman–Crippen LogP) is 4.08. The Morgan fingerprint density at radius 3 is 2.76 bits per heavy atom. The van der Waals surface area contributed by atoms with Gasteiger partial charge in [0, 0.05) is 18.0 Å². The van der Waals surface area contributed by atoms with Gasteiger partial charge in [0.2, 0.25) is 0 Å². The Hall–Kier alpha value is -1.79. The van der Waals surface area contributed by atoms with Gasteiger partial charge in [-0.05, 0) is 36.9 Å². The molecule has 3 heterocycles. The van der Waals surface area contributed by atoms with E-state index >= 15 is 0 Å². The molecule has 0 spiro atoms. The molecule has 0 aliphatic carbocycles. The first-order chi connectivity index (χ1) is 10.3. The van der Waals surface area contributed by atoms with Crippen LogP contribution in [0.4, 0.5) is 0 Å². The number of hydrogen-bond donors (Lipinski definition) is 0. The molecule has 0 aromatic carbocycles. The second kappa shape index (κ2) is 6.32. The molecule has 3 rings (SSSR count). The van der Waals surface area contributed by atoms with Gasteiger partial charge in [-0.15, -0.1) is 33.3 Å². The highest BCUT2D eigenvalue weighted by Gasteiger charge is 2.13. The van der Waals surface area contributed by atoms with Crippen molar-refractivity contribution in [1.82, 2.24) is 20.2 Å². The van der Waals surface area contributed by atoms with Gasteiger partial charge < -0.3 is 0 Å². The largest absolute Gasteiger partial charge is 0.264 e. The van der Waals surface area contributed by atoms with E-state index in [2.05, 4.69) is 27.1 Å². The molecule has 21 heavy (non-hydrogen) atoms. The van der Waals surface area contributed by atoms with Crippen LogP contribution in [0.5, 0.6) is 0 Å². The van der Waals surface area contributed by atoms with Crippen molar-refractivity contribution in [3.8, 4) is 21.1 Å². The van der Waals surface area contributed by atoms with E-state index in [0.29, 0.717) is 0 Å². The molecular weight excluding hydrogens is 300 g/mol. The molecular formula is C15H14N4S2. The van der Waals surface area contributed by atoms with Crippen LogP contribution in [0, 0.1) is 6.92 Å². The zero-order chi connectivity index (χ0) is 14.7. The molecule has 0 bridgehead atoms. The number of aromatic nitrogens is 4. The van der Waals surface area contributed by atoms with Gasteiger partial charge in [-0.1, -0.05) is 6.92 Å². The van der Waals surface area contributed by atoms with Crippen LogP contribution in [0.15, 0.2) is 41.7 Å². The Morgan fingerprint density at radius 1 is 1.19 bits per heavy atom. The van der Waals surface area contributed by atoms with E-state index in [1.54, 1.807) is 29.3 Å². The average molecular weight is 314 g/mol. The highest BCUT2D eigenvalue weighted by molar-refractivity contribution is 7.99. The van der Waals surface area contributed by atoms with Gasteiger partial charge in [0.25, 0.3) is 0 Å². The van der Waals surface area contributed by atoms with Crippen molar-refractivity contribution in [2.45, 2.75) is 18.9 Å². The molecule has 6 heteroatoms. The van der Waals surface area contributed by atoms with Crippen LogP contribution in [0.3, 0.4) is 0 Å². The minimum Gasteiger partial charge on any atom is -0.264 e. The minimum absolute atomic E-state index is 0.876. The van der Waals surface area contributed by atoms with Gasteiger partial charge in [0.05, 0.1) is 10.6 Å². The van der Waals surface area contributed by atoms with Crippen LogP contribution in [-0.2, 0) is 0 Å². The van der Waals surface area contributed by atoms with E-state index in [9.17, 15) is 0 Å². The van der Waals surface area contributed by atoms with Crippen molar-refractivity contribution in [3.63, 3.8) is 0 Å². The number of hydrogen-bond acceptors (Lipinski definition) is 6. The van der Waals surface area contributed by atoms with Gasteiger partial charge in [0.15, 0.2) is 0 Å². The average Bonchev–Trinajstić information content (AvgIpc) is 2.91. The maximum Gasteiger partial charge on any atom is 0.125 e.